The van der Waals surface area contributed by atoms with Gasteiger partial charge in [0, 0.05) is 51.2 Å². The molecule has 0 radical (unpaired) electrons. The second-order valence-electron chi connectivity index (χ2n) is 8.81. The van der Waals surface area contributed by atoms with Crippen molar-refractivity contribution in [2.75, 3.05) is 39.3 Å². The van der Waals surface area contributed by atoms with E-state index in [0.717, 1.165) is 31.0 Å². The number of piperazine rings is 1. The molecular formula is C22H32N6O3. The highest BCUT2D eigenvalue weighted by Crippen LogP contribution is 2.12. The fourth-order valence-corrected chi connectivity index (χ4v) is 3.42. The highest BCUT2D eigenvalue weighted by Gasteiger charge is 2.25. The Morgan fingerprint density at radius 2 is 1.84 bits per heavy atom. The Kier molecular flexibility index (Phi) is 6.94. The van der Waals surface area contributed by atoms with Crippen LogP contribution in [0.15, 0.2) is 24.4 Å². The summed E-state index contributed by atoms with van der Waals surface area (Å²) < 4.78 is 7.18. The summed E-state index contributed by atoms with van der Waals surface area (Å²) in [5, 5.41) is 7.34. The van der Waals surface area contributed by atoms with E-state index < -0.39 is 5.60 Å². The highest BCUT2D eigenvalue weighted by atomic mass is 16.6. The number of nitrogens with zero attached hydrogens (tertiary/aromatic N) is 5. The smallest absolute Gasteiger partial charge is 0.410 e. The molecule has 0 spiro atoms. The van der Waals surface area contributed by atoms with E-state index in [2.05, 4.69) is 20.3 Å². The van der Waals surface area contributed by atoms with E-state index in [-0.39, 0.29) is 12.0 Å². The maximum absolute atomic E-state index is 12.4. The quantitative estimate of drug-likeness (QED) is 0.785. The summed E-state index contributed by atoms with van der Waals surface area (Å²) in [5.74, 6) is 0.532. The first-order valence-corrected chi connectivity index (χ1v) is 10.6. The van der Waals surface area contributed by atoms with Crippen LogP contribution < -0.4 is 5.32 Å². The molecule has 168 valence electrons. The van der Waals surface area contributed by atoms with Crippen molar-refractivity contribution in [3.8, 4) is 5.82 Å². The number of ether oxygens (including phenoxy) is 1. The van der Waals surface area contributed by atoms with Gasteiger partial charge >= 0.3 is 6.09 Å². The van der Waals surface area contributed by atoms with Crippen LogP contribution in [0, 0.1) is 13.8 Å². The summed E-state index contributed by atoms with van der Waals surface area (Å²) in [6.07, 6.45) is 1.30. The highest BCUT2D eigenvalue weighted by molar-refractivity contribution is 5.93. The third-order valence-electron chi connectivity index (χ3n) is 4.97. The number of hydrogen-bond acceptors (Lipinski definition) is 6. The van der Waals surface area contributed by atoms with Crippen molar-refractivity contribution in [1.82, 2.24) is 29.9 Å². The lowest BCUT2D eigenvalue weighted by Crippen LogP contribution is -2.51. The Morgan fingerprint density at radius 1 is 1.13 bits per heavy atom. The largest absolute Gasteiger partial charge is 0.444 e. The predicted molar refractivity (Wildman–Crippen MR) is 117 cm³/mol. The van der Waals surface area contributed by atoms with Gasteiger partial charge in [-0.2, -0.15) is 5.10 Å². The molecule has 1 fully saturated rings. The van der Waals surface area contributed by atoms with Crippen LogP contribution in [-0.4, -0.2) is 81.4 Å². The standard InChI is InChI=1S/C22H32N6O3/c1-16-14-17(2)28(25-16)19-7-6-18(15-24-19)20(29)23-8-9-26-10-12-27(13-11-26)21(30)31-22(3,4)5/h6-7,14-15H,8-13H2,1-5H3,(H,23,29). The Hall–Kier alpha value is -2.94. The average Bonchev–Trinajstić information content (AvgIpc) is 3.05. The van der Waals surface area contributed by atoms with Crippen LogP contribution in [0.4, 0.5) is 4.79 Å². The van der Waals surface area contributed by atoms with E-state index in [9.17, 15) is 9.59 Å². The Morgan fingerprint density at radius 3 is 2.39 bits per heavy atom. The average molecular weight is 429 g/mol. The first-order valence-electron chi connectivity index (χ1n) is 10.6. The molecular weight excluding hydrogens is 396 g/mol. The first-order chi connectivity index (χ1) is 14.6. The van der Waals surface area contributed by atoms with Gasteiger partial charge in [-0.1, -0.05) is 0 Å². The van der Waals surface area contributed by atoms with Crippen molar-refractivity contribution < 1.29 is 14.3 Å². The summed E-state index contributed by atoms with van der Waals surface area (Å²) in [4.78, 5) is 32.9. The molecule has 2 aromatic heterocycles. The summed E-state index contributed by atoms with van der Waals surface area (Å²) in [6, 6.07) is 5.54. The molecule has 0 atom stereocenters. The van der Waals surface area contributed by atoms with Crippen molar-refractivity contribution >= 4 is 12.0 Å². The molecule has 3 rings (SSSR count). The lowest BCUT2D eigenvalue weighted by molar-refractivity contribution is 0.0147. The fourth-order valence-electron chi connectivity index (χ4n) is 3.42. The van der Waals surface area contributed by atoms with Crippen LogP contribution in [0.3, 0.4) is 0 Å². The SMILES string of the molecule is Cc1cc(C)n(-c2ccc(C(=O)NCCN3CCN(C(=O)OC(C)(C)C)CC3)cn2)n1. The molecule has 2 amide bonds. The van der Waals surface area contributed by atoms with E-state index >= 15 is 0 Å². The minimum atomic E-state index is -0.484. The molecule has 0 aliphatic carbocycles. The minimum absolute atomic E-state index is 0.153. The molecule has 31 heavy (non-hydrogen) atoms. The van der Waals surface area contributed by atoms with Crippen LogP contribution in [0.5, 0.6) is 0 Å². The zero-order valence-electron chi connectivity index (χ0n) is 19.0. The number of aromatic nitrogens is 3. The maximum atomic E-state index is 12.4. The second-order valence-corrected chi connectivity index (χ2v) is 8.81. The van der Waals surface area contributed by atoms with Gasteiger partial charge < -0.3 is 15.0 Å². The van der Waals surface area contributed by atoms with Crippen LogP contribution in [0.25, 0.3) is 5.82 Å². The predicted octanol–water partition coefficient (Wildman–Crippen LogP) is 2.17. The number of carbonyl (C=O) groups excluding carboxylic acids is 2. The van der Waals surface area contributed by atoms with Crippen molar-refractivity contribution in [2.45, 2.75) is 40.2 Å². The Labute approximate surface area is 183 Å². The van der Waals surface area contributed by atoms with E-state index in [1.807, 2.05) is 40.7 Å². The normalized spacial score (nSPS) is 15.1. The first kappa shape index (κ1) is 22.7. The van der Waals surface area contributed by atoms with Gasteiger partial charge in [0.05, 0.1) is 11.3 Å². The van der Waals surface area contributed by atoms with E-state index in [0.29, 0.717) is 31.0 Å². The minimum Gasteiger partial charge on any atom is -0.444 e. The van der Waals surface area contributed by atoms with Gasteiger partial charge in [-0.15, -0.1) is 0 Å². The van der Waals surface area contributed by atoms with Gasteiger partial charge in [0.2, 0.25) is 0 Å². The molecule has 1 aliphatic rings. The summed E-state index contributed by atoms with van der Waals surface area (Å²) in [5.41, 5.74) is 1.95. The van der Waals surface area contributed by atoms with Crippen LogP contribution >= 0.6 is 0 Å². The zero-order chi connectivity index (χ0) is 22.6. The summed E-state index contributed by atoms with van der Waals surface area (Å²) >= 11 is 0. The fraction of sp³-hybridized carbons (Fsp3) is 0.545. The van der Waals surface area contributed by atoms with Gasteiger partial charge in [-0.3, -0.25) is 9.69 Å². The number of carbonyl (C=O) groups is 2. The van der Waals surface area contributed by atoms with E-state index in [1.54, 1.807) is 27.9 Å². The molecule has 3 heterocycles. The Balaban J connectivity index is 1.42. The van der Waals surface area contributed by atoms with Crippen molar-refractivity contribution in [2.24, 2.45) is 0 Å². The third-order valence-corrected chi connectivity index (χ3v) is 4.97. The molecule has 1 N–H and O–H groups in total. The number of aryl methyl sites for hydroxylation is 2. The van der Waals surface area contributed by atoms with Gasteiger partial charge in [0.1, 0.15) is 5.60 Å². The second kappa shape index (κ2) is 9.47. The topological polar surface area (TPSA) is 92.6 Å². The number of amides is 2. The van der Waals surface area contributed by atoms with Crippen LogP contribution in [0.2, 0.25) is 0 Å². The molecule has 0 saturated carbocycles. The lowest BCUT2D eigenvalue weighted by atomic mass is 10.2. The van der Waals surface area contributed by atoms with E-state index in [1.165, 1.54) is 0 Å². The third kappa shape index (κ3) is 6.27. The number of nitrogens with one attached hydrogen (secondary N) is 1. The van der Waals surface area contributed by atoms with Crippen molar-refractivity contribution in [3.63, 3.8) is 0 Å². The van der Waals surface area contributed by atoms with E-state index in [4.69, 9.17) is 4.74 Å². The number of pyridine rings is 1. The summed E-state index contributed by atoms with van der Waals surface area (Å²) in [7, 11) is 0. The molecule has 9 nitrogen and oxygen atoms in total. The molecule has 9 heteroatoms. The lowest BCUT2D eigenvalue weighted by Gasteiger charge is -2.35. The molecule has 0 bridgehead atoms. The van der Waals surface area contributed by atoms with Crippen molar-refractivity contribution in [3.05, 3.63) is 41.3 Å². The number of hydrogen-bond donors (Lipinski definition) is 1. The molecule has 1 saturated heterocycles. The zero-order valence-corrected chi connectivity index (χ0v) is 19.0. The monoisotopic (exact) mass is 428 g/mol. The Bertz CT molecular complexity index is 908. The maximum Gasteiger partial charge on any atom is 0.410 e. The van der Waals surface area contributed by atoms with Gasteiger partial charge in [0.15, 0.2) is 5.82 Å². The van der Waals surface area contributed by atoms with Crippen LogP contribution in [0.1, 0.15) is 42.5 Å². The molecule has 0 unspecified atom stereocenters. The molecule has 2 aromatic rings. The molecule has 0 aromatic carbocycles. The van der Waals surface area contributed by atoms with Crippen molar-refractivity contribution in [1.29, 1.82) is 0 Å². The number of rotatable bonds is 5. The van der Waals surface area contributed by atoms with Gasteiger partial charge in [-0.25, -0.2) is 14.5 Å². The summed E-state index contributed by atoms with van der Waals surface area (Å²) in [6.45, 7) is 13.5. The van der Waals surface area contributed by atoms with Gasteiger partial charge in [0.25, 0.3) is 5.91 Å². The molecule has 1 aliphatic heterocycles. The van der Waals surface area contributed by atoms with Crippen LogP contribution in [-0.2, 0) is 4.74 Å². The van der Waals surface area contributed by atoms with Gasteiger partial charge in [-0.05, 0) is 52.8 Å².